The van der Waals surface area contributed by atoms with E-state index in [1.807, 2.05) is 18.2 Å². The van der Waals surface area contributed by atoms with Crippen LogP contribution in [0.15, 0.2) is 22.7 Å². The van der Waals surface area contributed by atoms with Crippen molar-refractivity contribution in [2.75, 3.05) is 27.3 Å². The Bertz CT molecular complexity index is 606. The van der Waals surface area contributed by atoms with Crippen molar-refractivity contribution in [3.05, 3.63) is 24.1 Å². The van der Waals surface area contributed by atoms with Crippen molar-refractivity contribution in [2.45, 2.75) is 18.8 Å². The fourth-order valence-electron chi connectivity index (χ4n) is 2.56. The van der Waals surface area contributed by atoms with Crippen LogP contribution in [0.5, 0.6) is 11.5 Å². The molecule has 0 amide bonds. The average molecular weight is 289 g/mol. The summed E-state index contributed by atoms with van der Waals surface area (Å²) in [5.41, 5.74) is 0.774. The number of aromatic nitrogens is 2. The van der Waals surface area contributed by atoms with Gasteiger partial charge < -0.3 is 19.3 Å². The van der Waals surface area contributed by atoms with Crippen LogP contribution in [0.4, 0.5) is 0 Å². The van der Waals surface area contributed by atoms with Gasteiger partial charge >= 0.3 is 0 Å². The molecule has 1 saturated heterocycles. The highest BCUT2D eigenvalue weighted by Crippen LogP contribution is 2.33. The zero-order valence-corrected chi connectivity index (χ0v) is 12.3. The van der Waals surface area contributed by atoms with Crippen LogP contribution in [0.2, 0.25) is 0 Å². The molecular weight excluding hydrogens is 270 g/mol. The van der Waals surface area contributed by atoms with Crippen LogP contribution >= 0.6 is 0 Å². The van der Waals surface area contributed by atoms with E-state index in [4.69, 9.17) is 14.0 Å². The predicted octanol–water partition coefficient (Wildman–Crippen LogP) is 2.22. The summed E-state index contributed by atoms with van der Waals surface area (Å²) in [6, 6.07) is 5.54. The number of benzene rings is 1. The lowest BCUT2D eigenvalue weighted by molar-refractivity contribution is 0.322. The molecule has 0 spiro atoms. The fraction of sp³-hybridized carbons (Fsp3) is 0.467. The van der Waals surface area contributed by atoms with Gasteiger partial charge in [0.15, 0.2) is 0 Å². The number of piperidine rings is 1. The lowest BCUT2D eigenvalue weighted by Gasteiger charge is -2.18. The van der Waals surface area contributed by atoms with Gasteiger partial charge in [0, 0.05) is 6.54 Å². The van der Waals surface area contributed by atoms with E-state index in [1.54, 1.807) is 14.2 Å². The first-order valence-electron chi connectivity index (χ1n) is 7.08. The molecule has 3 rings (SSSR count). The van der Waals surface area contributed by atoms with Gasteiger partial charge in [0.05, 0.1) is 25.7 Å². The maximum Gasteiger partial charge on any atom is 0.231 e. The quantitative estimate of drug-likeness (QED) is 0.930. The molecule has 1 aliphatic rings. The Hall–Kier alpha value is -2.08. The molecule has 1 fully saturated rings. The van der Waals surface area contributed by atoms with E-state index >= 15 is 0 Å². The molecule has 2 aromatic rings. The Morgan fingerprint density at radius 3 is 2.90 bits per heavy atom. The van der Waals surface area contributed by atoms with E-state index in [0.717, 1.165) is 37.2 Å². The van der Waals surface area contributed by atoms with Gasteiger partial charge in [0.2, 0.25) is 11.7 Å². The van der Waals surface area contributed by atoms with Gasteiger partial charge in [-0.05, 0) is 37.6 Å². The molecule has 21 heavy (non-hydrogen) atoms. The Balaban J connectivity index is 1.91. The topological polar surface area (TPSA) is 69.4 Å². The fourth-order valence-corrected chi connectivity index (χ4v) is 2.56. The highest BCUT2D eigenvalue weighted by atomic mass is 16.5. The summed E-state index contributed by atoms with van der Waals surface area (Å²) in [7, 11) is 3.25. The Morgan fingerprint density at radius 1 is 1.29 bits per heavy atom. The number of nitrogens with zero attached hydrogens (tertiary/aromatic N) is 2. The normalized spacial score (nSPS) is 18.5. The second-order valence-corrected chi connectivity index (χ2v) is 5.07. The number of nitrogens with one attached hydrogen (secondary N) is 1. The van der Waals surface area contributed by atoms with Crippen LogP contribution < -0.4 is 14.8 Å². The van der Waals surface area contributed by atoms with E-state index in [2.05, 4.69) is 15.5 Å². The highest BCUT2D eigenvalue weighted by molar-refractivity contribution is 5.66. The minimum atomic E-state index is 0.289. The first kappa shape index (κ1) is 13.9. The van der Waals surface area contributed by atoms with Crippen molar-refractivity contribution >= 4 is 0 Å². The monoisotopic (exact) mass is 289 g/mol. The molecule has 0 unspecified atom stereocenters. The van der Waals surface area contributed by atoms with Crippen LogP contribution in [0, 0.1) is 0 Å². The first-order valence-corrected chi connectivity index (χ1v) is 7.08. The molecule has 0 aliphatic carbocycles. The van der Waals surface area contributed by atoms with E-state index in [9.17, 15) is 0 Å². The van der Waals surface area contributed by atoms with Crippen molar-refractivity contribution in [3.63, 3.8) is 0 Å². The number of hydrogen-bond acceptors (Lipinski definition) is 6. The summed E-state index contributed by atoms with van der Waals surface area (Å²) in [6.07, 6.45) is 2.20. The van der Waals surface area contributed by atoms with Crippen LogP contribution in [0.1, 0.15) is 24.7 Å². The predicted molar refractivity (Wildman–Crippen MR) is 77.7 cm³/mol. The van der Waals surface area contributed by atoms with Crippen molar-refractivity contribution in [1.82, 2.24) is 15.5 Å². The summed E-state index contributed by atoms with van der Waals surface area (Å²) in [6.45, 7) is 1.94. The molecular formula is C15H19N3O3. The maximum absolute atomic E-state index is 5.43. The smallest absolute Gasteiger partial charge is 0.231 e. The standard InChI is InChI=1S/C15H19N3O3/c1-19-11-5-6-13(20-2)12(8-11)14-17-15(21-18-14)10-4-3-7-16-9-10/h5-6,8,10,16H,3-4,7,9H2,1-2H3/t10-/m1/s1. The largest absolute Gasteiger partial charge is 0.497 e. The Morgan fingerprint density at radius 2 is 2.19 bits per heavy atom. The van der Waals surface area contributed by atoms with E-state index in [-0.39, 0.29) is 5.92 Å². The van der Waals surface area contributed by atoms with Gasteiger partial charge in [-0.3, -0.25) is 0 Å². The first-order chi connectivity index (χ1) is 10.3. The zero-order chi connectivity index (χ0) is 14.7. The van der Waals surface area contributed by atoms with Gasteiger partial charge in [-0.25, -0.2) is 0 Å². The average Bonchev–Trinajstić information content (AvgIpc) is 3.05. The molecule has 1 aliphatic heterocycles. The van der Waals surface area contributed by atoms with E-state index in [1.165, 1.54) is 0 Å². The summed E-state index contributed by atoms with van der Waals surface area (Å²) in [4.78, 5) is 4.53. The molecule has 0 bridgehead atoms. The van der Waals surface area contributed by atoms with Gasteiger partial charge in [0.1, 0.15) is 11.5 Å². The lowest BCUT2D eigenvalue weighted by atomic mass is 10.00. The summed E-state index contributed by atoms with van der Waals surface area (Å²) < 4.78 is 16.0. The highest BCUT2D eigenvalue weighted by Gasteiger charge is 2.22. The summed E-state index contributed by atoms with van der Waals surface area (Å²) in [5, 5.41) is 7.45. The second-order valence-electron chi connectivity index (χ2n) is 5.07. The van der Waals surface area contributed by atoms with Gasteiger partial charge in [-0.2, -0.15) is 4.98 Å². The minimum absolute atomic E-state index is 0.289. The minimum Gasteiger partial charge on any atom is -0.497 e. The van der Waals surface area contributed by atoms with Crippen molar-refractivity contribution < 1.29 is 14.0 Å². The molecule has 0 saturated carbocycles. The number of methoxy groups -OCH3 is 2. The molecule has 0 radical (unpaired) electrons. The van der Waals surface area contributed by atoms with Crippen LogP contribution in [-0.2, 0) is 0 Å². The number of hydrogen-bond donors (Lipinski definition) is 1. The molecule has 2 heterocycles. The van der Waals surface area contributed by atoms with Gasteiger partial charge in [0.25, 0.3) is 0 Å². The SMILES string of the molecule is COc1ccc(OC)c(-c2noc([C@@H]3CCCNC3)n2)c1. The van der Waals surface area contributed by atoms with Crippen LogP contribution in [0.3, 0.4) is 0 Å². The third-order valence-electron chi connectivity index (χ3n) is 3.74. The van der Waals surface area contributed by atoms with Crippen molar-refractivity contribution in [2.24, 2.45) is 0 Å². The van der Waals surface area contributed by atoms with Crippen molar-refractivity contribution in [1.29, 1.82) is 0 Å². The Labute approximate surface area is 123 Å². The molecule has 112 valence electrons. The van der Waals surface area contributed by atoms with Gasteiger partial charge in [-0.15, -0.1) is 0 Å². The van der Waals surface area contributed by atoms with Gasteiger partial charge in [-0.1, -0.05) is 5.16 Å². The third-order valence-corrected chi connectivity index (χ3v) is 3.74. The molecule has 1 atom stereocenters. The van der Waals surface area contributed by atoms with E-state index < -0.39 is 0 Å². The lowest BCUT2D eigenvalue weighted by Crippen LogP contribution is -2.28. The summed E-state index contributed by atoms with van der Waals surface area (Å²) >= 11 is 0. The molecule has 6 heteroatoms. The molecule has 6 nitrogen and oxygen atoms in total. The number of rotatable bonds is 4. The second kappa shape index (κ2) is 6.13. The summed E-state index contributed by atoms with van der Waals surface area (Å²) in [5.74, 6) is 2.94. The van der Waals surface area contributed by atoms with E-state index in [0.29, 0.717) is 17.5 Å². The van der Waals surface area contributed by atoms with Crippen LogP contribution in [-0.4, -0.2) is 37.4 Å². The number of ether oxygens (including phenoxy) is 2. The molecule has 1 aromatic heterocycles. The Kier molecular flexibility index (Phi) is 4.06. The van der Waals surface area contributed by atoms with Crippen LogP contribution in [0.25, 0.3) is 11.4 Å². The molecule has 1 N–H and O–H groups in total. The van der Waals surface area contributed by atoms with Crippen molar-refractivity contribution in [3.8, 4) is 22.9 Å². The maximum atomic E-state index is 5.43. The molecule has 1 aromatic carbocycles. The third kappa shape index (κ3) is 2.85. The zero-order valence-electron chi connectivity index (χ0n) is 12.3.